The van der Waals surface area contributed by atoms with Gasteiger partial charge >= 0.3 is 6.18 Å². The summed E-state index contributed by atoms with van der Waals surface area (Å²) in [6, 6.07) is 15.4. The molecule has 0 saturated carbocycles. The highest BCUT2D eigenvalue weighted by Gasteiger charge is 2.35. The Morgan fingerprint density at radius 1 is 1.08 bits per heavy atom. The lowest BCUT2D eigenvalue weighted by Gasteiger charge is -2.28. The van der Waals surface area contributed by atoms with Gasteiger partial charge in [0, 0.05) is 18.3 Å². The third kappa shape index (κ3) is 4.98. The molecule has 0 saturated heterocycles. The normalized spacial score (nSPS) is 16.0. The van der Waals surface area contributed by atoms with Gasteiger partial charge in [-0.25, -0.2) is 4.98 Å². The highest BCUT2D eigenvalue weighted by molar-refractivity contribution is 5.71. The topological polar surface area (TPSA) is 78.8 Å². The molecule has 2 aromatic carbocycles. The lowest BCUT2D eigenvalue weighted by atomic mass is 10.0. The second-order valence-electron chi connectivity index (χ2n) is 9.09. The van der Waals surface area contributed by atoms with Crippen LogP contribution >= 0.6 is 0 Å². The van der Waals surface area contributed by atoms with E-state index in [0.717, 1.165) is 24.1 Å². The standard InChI is InChI=1S/C26H25F3N6O/c1-17(10-18-6-3-2-4-7-18)13-35-23(33-22-24(35)30-16-31-25(22)36)20-12-32-34(15-20)14-19-8-5-9-21(11-19)26(27,28)29/h2-9,11-12,15-17,23,33H,10,13-14H2,1H3,(H,30,31,36). The van der Waals surface area contributed by atoms with Crippen LogP contribution in [0.5, 0.6) is 0 Å². The number of benzene rings is 2. The molecule has 4 aromatic rings. The molecule has 2 aromatic heterocycles. The van der Waals surface area contributed by atoms with Crippen molar-refractivity contribution < 1.29 is 13.2 Å². The van der Waals surface area contributed by atoms with Crippen molar-refractivity contribution in [2.45, 2.75) is 32.2 Å². The Morgan fingerprint density at radius 2 is 1.86 bits per heavy atom. The minimum Gasteiger partial charge on any atom is -0.354 e. The number of nitrogens with zero attached hydrogens (tertiary/aromatic N) is 4. The minimum atomic E-state index is -4.40. The maximum Gasteiger partial charge on any atom is 0.416 e. The molecule has 1 aliphatic rings. The second kappa shape index (κ2) is 9.52. The molecule has 2 atom stereocenters. The van der Waals surface area contributed by atoms with Crippen molar-refractivity contribution in [3.05, 3.63) is 106 Å². The molecule has 0 aliphatic carbocycles. The van der Waals surface area contributed by atoms with Gasteiger partial charge in [0.1, 0.15) is 11.9 Å². The van der Waals surface area contributed by atoms with E-state index >= 15 is 0 Å². The van der Waals surface area contributed by atoms with Crippen LogP contribution in [0.4, 0.5) is 24.7 Å². The number of H-pyrrole nitrogens is 1. The fraction of sp³-hybridized carbons (Fsp3) is 0.269. The van der Waals surface area contributed by atoms with E-state index in [2.05, 4.69) is 39.4 Å². The highest BCUT2D eigenvalue weighted by Crippen LogP contribution is 2.38. The number of hydrogen-bond acceptors (Lipinski definition) is 5. The number of aromatic amines is 1. The molecule has 1 aliphatic heterocycles. The third-order valence-corrected chi connectivity index (χ3v) is 6.20. The van der Waals surface area contributed by atoms with Gasteiger partial charge in [-0.05, 0) is 35.6 Å². The summed E-state index contributed by atoms with van der Waals surface area (Å²) >= 11 is 0. The van der Waals surface area contributed by atoms with Gasteiger partial charge in [-0.15, -0.1) is 0 Å². The maximum absolute atomic E-state index is 13.1. The van der Waals surface area contributed by atoms with Crippen LogP contribution in [0.25, 0.3) is 0 Å². The van der Waals surface area contributed by atoms with Crippen molar-refractivity contribution in [1.82, 2.24) is 19.7 Å². The number of aromatic nitrogens is 4. The van der Waals surface area contributed by atoms with Crippen LogP contribution in [0.15, 0.2) is 78.1 Å². The smallest absolute Gasteiger partial charge is 0.354 e. The Hall–Kier alpha value is -4.08. The SMILES string of the molecule is CC(Cc1ccccc1)CN1c2nc[nH]c(=O)c2NC1c1cnn(Cc2cccc(C(F)(F)F)c2)c1. The molecule has 10 heteroatoms. The summed E-state index contributed by atoms with van der Waals surface area (Å²) in [4.78, 5) is 21.5. The van der Waals surface area contributed by atoms with Crippen LogP contribution in [-0.4, -0.2) is 26.3 Å². The van der Waals surface area contributed by atoms with E-state index in [1.807, 2.05) is 23.1 Å². The third-order valence-electron chi connectivity index (χ3n) is 6.20. The molecule has 2 unspecified atom stereocenters. The molecule has 0 spiro atoms. The van der Waals surface area contributed by atoms with Crippen LogP contribution in [0.3, 0.4) is 0 Å². The quantitative estimate of drug-likeness (QED) is 0.384. The Bertz CT molecular complexity index is 1400. The molecule has 2 N–H and O–H groups in total. The molecule has 0 fully saturated rings. The van der Waals surface area contributed by atoms with Gasteiger partial charge in [0.05, 0.1) is 24.6 Å². The Kier molecular flexibility index (Phi) is 6.26. The number of fused-ring (bicyclic) bond motifs is 1. The Morgan fingerprint density at radius 3 is 2.64 bits per heavy atom. The predicted molar refractivity (Wildman–Crippen MR) is 131 cm³/mol. The molecule has 0 bridgehead atoms. The zero-order valence-electron chi connectivity index (χ0n) is 19.5. The van der Waals surface area contributed by atoms with Crippen molar-refractivity contribution in [3.8, 4) is 0 Å². The maximum atomic E-state index is 13.1. The first-order chi connectivity index (χ1) is 17.3. The van der Waals surface area contributed by atoms with E-state index < -0.39 is 11.7 Å². The number of alkyl halides is 3. The summed E-state index contributed by atoms with van der Waals surface area (Å²) in [5.41, 5.74) is 1.94. The van der Waals surface area contributed by atoms with E-state index in [0.29, 0.717) is 23.6 Å². The number of nitrogens with one attached hydrogen (secondary N) is 2. The van der Waals surface area contributed by atoms with Crippen LogP contribution in [-0.2, 0) is 19.1 Å². The van der Waals surface area contributed by atoms with Gasteiger partial charge in [0.2, 0.25) is 0 Å². The van der Waals surface area contributed by atoms with E-state index in [1.165, 1.54) is 18.0 Å². The first-order valence-electron chi connectivity index (χ1n) is 11.6. The molecule has 5 rings (SSSR count). The highest BCUT2D eigenvalue weighted by atomic mass is 19.4. The average molecular weight is 495 g/mol. The summed E-state index contributed by atoms with van der Waals surface area (Å²) in [5.74, 6) is 0.818. The monoisotopic (exact) mass is 494 g/mol. The number of anilines is 2. The Balaban J connectivity index is 1.38. The van der Waals surface area contributed by atoms with Crippen molar-refractivity contribution in [2.75, 3.05) is 16.8 Å². The molecular formula is C26H25F3N6O. The van der Waals surface area contributed by atoms with Crippen LogP contribution in [0.1, 0.15) is 35.3 Å². The van der Waals surface area contributed by atoms with Crippen LogP contribution in [0.2, 0.25) is 0 Å². The summed E-state index contributed by atoms with van der Waals surface area (Å²) in [5, 5.41) is 7.64. The van der Waals surface area contributed by atoms with E-state index in [9.17, 15) is 18.0 Å². The number of hydrogen-bond donors (Lipinski definition) is 2. The van der Waals surface area contributed by atoms with Gasteiger partial charge in [-0.1, -0.05) is 49.4 Å². The van der Waals surface area contributed by atoms with E-state index in [4.69, 9.17) is 0 Å². The minimum absolute atomic E-state index is 0.187. The first-order valence-corrected chi connectivity index (χ1v) is 11.6. The summed E-state index contributed by atoms with van der Waals surface area (Å²) in [6.45, 7) is 2.97. The number of halogens is 3. The summed E-state index contributed by atoms with van der Waals surface area (Å²) in [7, 11) is 0. The van der Waals surface area contributed by atoms with Crippen molar-refractivity contribution in [2.24, 2.45) is 5.92 Å². The molecular weight excluding hydrogens is 469 g/mol. The van der Waals surface area contributed by atoms with E-state index in [1.54, 1.807) is 23.1 Å². The second-order valence-corrected chi connectivity index (χ2v) is 9.09. The van der Waals surface area contributed by atoms with Crippen molar-refractivity contribution in [1.29, 1.82) is 0 Å². The largest absolute Gasteiger partial charge is 0.416 e. The fourth-order valence-electron chi connectivity index (χ4n) is 4.59. The molecule has 3 heterocycles. The lowest BCUT2D eigenvalue weighted by molar-refractivity contribution is -0.137. The van der Waals surface area contributed by atoms with E-state index in [-0.39, 0.29) is 24.2 Å². The Labute approximate surface area is 205 Å². The first kappa shape index (κ1) is 23.7. The number of rotatable bonds is 7. The average Bonchev–Trinajstić information content (AvgIpc) is 3.45. The van der Waals surface area contributed by atoms with Gasteiger partial charge < -0.3 is 15.2 Å². The predicted octanol–water partition coefficient (Wildman–Crippen LogP) is 4.84. The van der Waals surface area contributed by atoms with Gasteiger partial charge in [0.25, 0.3) is 5.56 Å². The van der Waals surface area contributed by atoms with Crippen LogP contribution in [0, 0.1) is 5.92 Å². The zero-order valence-corrected chi connectivity index (χ0v) is 19.5. The fourth-order valence-corrected chi connectivity index (χ4v) is 4.59. The van der Waals surface area contributed by atoms with Gasteiger partial charge in [-0.2, -0.15) is 18.3 Å². The van der Waals surface area contributed by atoms with Gasteiger partial charge in [0.15, 0.2) is 5.82 Å². The molecule has 36 heavy (non-hydrogen) atoms. The molecule has 0 radical (unpaired) electrons. The molecule has 186 valence electrons. The van der Waals surface area contributed by atoms with Crippen molar-refractivity contribution in [3.63, 3.8) is 0 Å². The molecule has 0 amide bonds. The summed E-state index contributed by atoms with van der Waals surface area (Å²) in [6.07, 6.45) is 0.910. The molecule has 7 nitrogen and oxygen atoms in total. The lowest BCUT2D eigenvalue weighted by Crippen LogP contribution is -2.33. The summed E-state index contributed by atoms with van der Waals surface area (Å²) < 4.78 is 40.9. The zero-order chi connectivity index (χ0) is 25.3. The van der Waals surface area contributed by atoms with Gasteiger partial charge in [-0.3, -0.25) is 9.48 Å². The van der Waals surface area contributed by atoms with Crippen molar-refractivity contribution >= 4 is 11.5 Å². The van der Waals surface area contributed by atoms with Crippen LogP contribution < -0.4 is 15.8 Å².